The third-order valence-electron chi connectivity index (χ3n) is 3.30. The second-order valence-corrected chi connectivity index (χ2v) is 8.28. The van der Waals surface area contributed by atoms with Gasteiger partial charge in [-0.2, -0.15) is 0 Å². The standard InChI is InChI=1S/C12H21N3O3S2/c1-9-8-20(16,17)5-4-15(9)12-14-10(7-18-3)11(19-12)6-13-2/h9,13H,4-8H2,1-3H3. The van der Waals surface area contributed by atoms with E-state index in [4.69, 9.17) is 4.74 Å². The second-order valence-electron chi connectivity index (χ2n) is 4.99. The summed E-state index contributed by atoms with van der Waals surface area (Å²) in [6, 6.07) is -0.0299. The molecule has 1 N–H and O–H groups in total. The van der Waals surface area contributed by atoms with Crippen LogP contribution >= 0.6 is 11.3 Å². The van der Waals surface area contributed by atoms with Gasteiger partial charge in [0.05, 0.1) is 23.8 Å². The van der Waals surface area contributed by atoms with Crippen LogP contribution in [0, 0.1) is 0 Å². The molecule has 0 radical (unpaired) electrons. The zero-order valence-electron chi connectivity index (χ0n) is 12.0. The van der Waals surface area contributed by atoms with Gasteiger partial charge in [-0.15, -0.1) is 11.3 Å². The molecule has 1 atom stereocenters. The van der Waals surface area contributed by atoms with Crippen LogP contribution in [0.2, 0.25) is 0 Å². The summed E-state index contributed by atoms with van der Waals surface area (Å²) in [7, 11) is 0.647. The number of ether oxygens (including phenoxy) is 1. The number of nitrogens with one attached hydrogen (secondary N) is 1. The normalized spacial score (nSPS) is 22.1. The predicted octanol–water partition coefficient (Wildman–Crippen LogP) is 0.632. The lowest BCUT2D eigenvalue weighted by molar-refractivity contribution is 0.181. The quantitative estimate of drug-likeness (QED) is 0.858. The minimum Gasteiger partial charge on any atom is -0.378 e. The van der Waals surface area contributed by atoms with Crippen LogP contribution in [0.1, 0.15) is 17.5 Å². The van der Waals surface area contributed by atoms with Crippen molar-refractivity contribution in [3.63, 3.8) is 0 Å². The number of nitrogens with zero attached hydrogens (tertiary/aromatic N) is 2. The molecule has 1 aliphatic rings. The van der Waals surface area contributed by atoms with Gasteiger partial charge in [0, 0.05) is 31.1 Å². The Balaban J connectivity index is 2.22. The van der Waals surface area contributed by atoms with Crippen LogP contribution in [0.4, 0.5) is 5.13 Å². The van der Waals surface area contributed by atoms with Gasteiger partial charge >= 0.3 is 0 Å². The molecule has 1 fully saturated rings. The van der Waals surface area contributed by atoms with Crippen LogP contribution in [0.15, 0.2) is 0 Å². The van der Waals surface area contributed by atoms with Crippen molar-refractivity contribution in [1.82, 2.24) is 10.3 Å². The molecule has 114 valence electrons. The fourth-order valence-corrected chi connectivity index (χ4v) is 5.08. The van der Waals surface area contributed by atoms with E-state index in [1.165, 1.54) is 0 Å². The molecule has 6 nitrogen and oxygen atoms in total. The average Bonchev–Trinajstić information content (AvgIpc) is 2.72. The van der Waals surface area contributed by atoms with E-state index in [1.54, 1.807) is 18.4 Å². The van der Waals surface area contributed by atoms with Crippen LogP contribution in [0.3, 0.4) is 0 Å². The van der Waals surface area contributed by atoms with Crippen molar-refractivity contribution >= 4 is 26.3 Å². The summed E-state index contributed by atoms with van der Waals surface area (Å²) < 4.78 is 28.5. The van der Waals surface area contributed by atoms with Crippen molar-refractivity contribution in [2.75, 3.05) is 37.1 Å². The molecule has 0 aromatic carbocycles. The first kappa shape index (κ1) is 15.7. The van der Waals surface area contributed by atoms with E-state index >= 15 is 0 Å². The van der Waals surface area contributed by atoms with Gasteiger partial charge in [0.25, 0.3) is 0 Å². The topological polar surface area (TPSA) is 71.5 Å². The summed E-state index contributed by atoms with van der Waals surface area (Å²) in [6.07, 6.45) is 0. The van der Waals surface area contributed by atoms with Crippen LogP contribution < -0.4 is 10.2 Å². The highest BCUT2D eigenvalue weighted by Crippen LogP contribution is 2.30. The minimum atomic E-state index is -2.90. The molecule has 0 bridgehead atoms. The SMILES string of the molecule is CNCc1sc(N2CCS(=O)(=O)CC2C)nc1COC. The molecular formula is C12H21N3O3S2. The number of anilines is 1. The van der Waals surface area contributed by atoms with Gasteiger partial charge < -0.3 is 15.0 Å². The summed E-state index contributed by atoms with van der Waals surface area (Å²) >= 11 is 1.61. The molecule has 0 aliphatic carbocycles. The van der Waals surface area contributed by atoms with Crippen molar-refractivity contribution < 1.29 is 13.2 Å². The van der Waals surface area contributed by atoms with E-state index in [9.17, 15) is 8.42 Å². The molecule has 1 aromatic rings. The lowest BCUT2D eigenvalue weighted by Gasteiger charge is -2.32. The molecule has 1 aliphatic heterocycles. The fourth-order valence-electron chi connectivity index (χ4n) is 2.32. The molecule has 1 aromatic heterocycles. The summed E-state index contributed by atoms with van der Waals surface area (Å²) in [5.41, 5.74) is 0.933. The summed E-state index contributed by atoms with van der Waals surface area (Å²) in [6.45, 7) is 3.68. The number of hydrogen-bond acceptors (Lipinski definition) is 7. The summed E-state index contributed by atoms with van der Waals surface area (Å²) in [4.78, 5) is 7.86. The number of thiazole rings is 1. The highest BCUT2D eigenvalue weighted by atomic mass is 32.2. The number of sulfone groups is 1. The molecule has 2 rings (SSSR count). The molecule has 0 spiro atoms. The van der Waals surface area contributed by atoms with E-state index in [-0.39, 0.29) is 17.5 Å². The van der Waals surface area contributed by atoms with E-state index in [2.05, 4.69) is 15.2 Å². The Hall–Kier alpha value is -0.700. The molecule has 0 amide bonds. The van der Waals surface area contributed by atoms with Crippen molar-refractivity contribution in [2.45, 2.75) is 26.1 Å². The lowest BCUT2D eigenvalue weighted by atomic mass is 10.3. The van der Waals surface area contributed by atoms with Crippen LogP contribution in [-0.2, 0) is 27.7 Å². The summed E-state index contributed by atoms with van der Waals surface area (Å²) in [5.74, 6) is 0.408. The first-order valence-electron chi connectivity index (χ1n) is 6.56. The first-order chi connectivity index (χ1) is 9.46. The number of rotatable bonds is 5. The highest BCUT2D eigenvalue weighted by molar-refractivity contribution is 7.91. The Bertz CT molecular complexity index is 533. The maximum atomic E-state index is 11.6. The maximum Gasteiger partial charge on any atom is 0.186 e. The third kappa shape index (κ3) is 3.49. The van der Waals surface area contributed by atoms with E-state index in [0.29, 0.717) is 13.2 Å². The van der Waals surface area contributed by atoms with Crippen molar-refractivity contribution in [3.05, 3.63) is 10.6 Å². The van der Waals surface area contributed by atoms with E-state index < -0.39 is 9.84 Å². The monoisotopic (exact) mass is 319 g/mol. The Labute approximate surface area is 124 Å². The molecule has 1 unspecified atom stereocenters. The van der Waals surface area contributed by atoms with Crippen LogP contribution in [-0.4, -0.2) is 51.7 Å². The van der Waals surface area contributed by atoms with Gasteiger partial charge in [0.15, 0.2) is 15.0 Å². The lowest BCUT2D eigenvalue weighted by Crippen LogP contribution is -2.47. The van der Waals surface area contributed by atoms with Gasteiger partial charge in [-0.25, -0.2) is 13.4 Å². The molecule has 0 saturated carbocycles. The molecule has 20 heavy (non-hydrogen) atoms. The number of aromatic nitrogens is 1. The average molecular weight is 319 g/mol. The molecule has 2 heterocycles. The number of methoxy groups -OCH3 is 1. The Kier molecular flexibility index (Phi) is 5.00. The van der Waals surface area contributed by atoms with Crippen LogP contribution in [0.25, 0.3) is 0 Å². The van der Waals surface area contributed by atoms with Crippen molar-refractivity contribution in [1.29, 1.82) is 0 Å². The maximum absolute atomic E-state index is 11.6. The molecule has 1 saturated heterocycles. The van der Waals surface area contributed by atoms with Gasteiger partial charge in [-0.1, -0.05) is 0 Å². The van der Waals surface area contributed by atoms with Gasteiger partial charge in [-0.3, -0.25) is 0 Å². The number of hydrogen-bond donors (Lipinski definition) is 1. The summed E-state index contributed by atoms with van der Waals surface area (Å²) in [5, 5.41) is 4.02. The largest absolute Gasteiger partial charge is 0.378 e. The Morgan fingerprint density at radius 1 is 1.55 bits per heavy atom. The third-order valence-corrected chi connectivity index (χ3v) is 6.23. The predicted molar refractivity (Wildman–Crippen MR) is 81.1 cm³/mol. The van der Waals surface area contributed by atoms with Gasteiger partial charge in [0.2, 0.25) is 0 Å². The van der Waals surface area contributed by atoms with Gasteiger partial charge in [0.1, 0.15) is 0 Å². The van der Waals surface area contributed by atoms with E-state index in [1.807, 2.05) is 14.0 Å². The van der Waals surface area contributed by atoms with Crippen molar-refractivity contribution in [3.8, 4) is 0 Å². The van der Waals surface area contributed by atoms with Crippen LogP contribution in [0.5, 0.6) is 0 Å². The molecular weight excluding hydrogens is 298 g/mol. The molecule has 8 heteroatoms. The van der Waals surface area contributed by atoms with E-state index in [0.717, 1.165) is 22.2 Å². The smallest absolute Gasteiger partial charge is 0.186 e. The minimum absolute atomic E-state index is 0.0299. The Morgan fingerprint density at radius 2 is 2.30 bits per heavy atom. The zero-order chi connectivity index (χ0) is 14.8. The van der Waals surface area contributed by atoms with Crippen molar-refractivity contribution in [2.24, 2.45) is 0 Å². The Morgan fingerprint density at radius 3 is 2.90 bits per heavy atom. The highest BCUT2D eigenvalue weighted by Gasteiger charge is 2.30. The van der Waals surface area contributed by atoms with Gasteiger partial charge in [-0.05, 0) is 14.0 Å². The fraction of sp³-hybridized carbons (Fsp3) is 0.750. The first-order valence-corrected chi connectivity index (χ1v) is 9.20. The zero-order valence-corrected chi connectivity index (χ0v) is 13.7. The second kappa shape index (κ2) is 6.38.